The molecule has 0 unspecified atom stereocenters. The van der Waals surface area contributed by atoms with E-state index >= 15 is 0 Å². The molecule has 0 amide bonds. The summed E-state index contributed by atoms with van der Waals surface area (Å²) in [6.07, 6.45) is 2.01. The van der Waals surface area contributed by atoms with Crippen molar-refractivity contribution in [3.63, 3.8) is 0 Å². The molecule has 0 radical (unpaired) electrons. The van der Waals surface area contributed by atoms with E-state index < -0.39 is 0 Å². The van der Waals surface area contributed by atoms with Crippen LogP contribution < -0.4 is 0 Å². The summed E-state index contributed by atoms with van der Waals surface area (Å²) in [6.45, 7) is 5.77. The first-order valence-electron chi connectivity index (χ1n) is 5.05. The molecule has 1 aromatic rings. The third-order valence-electron chi connectivity index (χ3n) is 1.80. The fourth-order valence-corrected chi connectivity index (χ4v) is 2.17. The van der Waals surface area contributed by atoms with Gasteiger partial charge in [-0.2, -0.15) is 0 Å². The van der Waals surface area contributed by atoms with Crippen LogP contribution in [0, 0.1) is 5.92 Å². The number of thioether (sulfide) groups is 1. The summed E-state index contributed by atoms with van der Waals surface area (Å²) in [7, 11) is 0. The first-order valence-corrected chi connectivity index (χ1v) is 5.87. The molecule has 0 spiro atoms. The molecule has 80 valence electrons. The number of ketones is 1. The molecule has 0 aliphatic rings. The van der Waals surface area contributed by atoms with Gasteiger partial charge in [0.1, 0.15) is 0 Å². The highest BCUT2D eigenvalue weighted by Gasteiger charge is 2.06. The van der Waals surface area contributed by atoms with Crippen molar-refractivity contribution >= 4 is 17.5 Å². The van der Waals surface area contributed by atoms with Crippen LogP contribution in [0.1, 0.15) is 20.8 Å². The summed E-state index contributed by atoms with van der Waals surface area (Å²) in [5.41, 5.74) is 0. The minimum absolute atomic E-state index is 0.137. The van der Waals surface area contributed by atoms with E-state index in [1.165, 1.54) is 11.8 Å². The highest BCUT2D eigenvalue weighted by atomic mass is 32.2. The van der Waals surface area contributed by atoms with E-state index in [0.29, 0.717) is 5.92 Å². The van der Waals surface area contributed by atoms with Gasteiger partial charge in [-0.15, -0.1) is 0 Å². The summed E-state index contributed by atoms with van der Waals surface area (Å²) in [5.74, 6) is 0.540. The molecule has 1 rings (SSSR count). The first kappa shape index (κ1) is 12.1. The molecule has 1 nitrogen and oxygen atoms in total. The van der Waals surface area contributed by atoms with Crippen LogP contribution >= 0.6 is 11.8 Å². The van der Waals surface area contributed by atoms with Gasteiger partial charge in [-0.05, 0) is 25.0 Å². The maximum absolute atomic E-state index is 11.4. The van der Waals surface area contributed by atoms with E-state index in [1.54, 1.807) is 6.92 Å². The number of carbonyl (C=O) groups is 1. The fourth-order valence-electron chi connectivity index (χ4n) is 1.14. The summed E-state index contributed by atoms with van der Waals surface area (Å²) < 4.78 is 0. The molecule has 0 N–H and O–H groups in total. The van der Waals surface area contributed by atoms with Crippen molar-refractivity contribution in [2.24, 2.45) is 5.92 Å². The lowest BCUT2D eigenvalue weighted by atomic mass is 10.2. The Morgan fingerprint density at radius 1 is 1.27 bits per heavy atom. The maximum Gasteiger partial charge on any atom is 0.166 e. The topological polar surface area (TPSA) is 17.1 Å². The Balaban J connectivity index is 2.81. The van der Waals surface area contributed by atoms with Crippen LogP contribution in [-0.4, -0.2) is 5.78 Å². The van der Waals surface area contributed by atoms with E-state index in [9.17, 15) is 4.79 Å². The minimum Gasteiger partial charge on any atom is -0.294 e. The lowest BCUT2D eigenvalue weighted by molar-refractivity contribution is -0.113. The van der Waals surface area contributed by atoms with E-state index in [1.807, 2.05) is 36.4 Å². The van der Waals surface area contributed by atoms with Crippen LogP contribution in [0.2, 0.25) is 0 Å². The monoisotopic (exact) mass is 220 g/mol. The molecule has 1 aromatic carbocycles. The van der Waals surface area contributed by atoms with Crippen LogP contribution in [0.4, 0.5) is 0 Å². The summed E-state index contributed by atoms with van der Waals surface area (Å²) >= 11 is 1.54. The van der Waals surface area contributed by atoms with E-state index in [2.05, 4.69) is 13.8 Å². The van der Waals surface area contributed by atoms with Gasteiger partial charge in [0.05, 0.1) is 4.91 Å². The van der Waals surface area contributed by atoms with Crippen molar-refractivity contribution in [1.82, 2.24) is 0 Å². The third-order valence-corrected chi connectivity index (χ3v) is 2.95. The predicted molar refractivity (Wildman–Crippen MR) is 65.9 cm³/mol. The van der Waals surface area contributed by atoms with Gasteiger partial charge in [0, 0.05) is 4.90 Å². The second-order valence-electron chi connectivity index (χ2n) is 3.75. The molecule has 0 atom stereocenters. The van der Waals surface area contributed by atoms with Crippen LogP contribution in [0.25, 0.3) is 0 Å². The fraction of sp³-hybridized carbons (Fsp3) is 0.308. The number of rotatable bonds is 4. The number of benzene rings is 1. The molecule has 0 fully saturated rings. The SMILES string of the molecule is CC(=O)/C(=C/C(C)C)Sc1ccccc1. The Labute approximate surface area is 95.6 Å². The Hall–Kier alpha value is -1.02. The van der Waals surface area contributed by atoms with Crippen molar-refractivity contribution in [3.05, 3.63) is 41.3 Å². The van der Waals surface area contributed by atoms with Gasteiger partial charge in [0.15, 0.2) is 5.78 Å². The van der Waals surface area contributed by atoms with Gasteiger partial charge in [-0.3, -0.25) is 4.79 Å². The van der Waals surface area contributed by atoms with E-state index in [0.717, 1.165) is 9.80 Å². The molecule has 0 heterocycles. The summed E-state index contributed by atoms with van der Waals surface area (Å²) in [5, 5.41) is 0. The zero-order valence-corrected chi connectivity index (χ0v) is 10.2. The first-order chi connectivity index (χ1) is 7.09. The molecule has 0 aromatic heterocycles. The molecule has 15 heavy (non-hydrogen) atoms. The van der Waals surface area contributed by atoms with Crippen molar-refractivity contribution in [3.8, 4) is 0 Å². The molecule has 0 saturated carbocycles. The molecular weight excluding hydrogens is 204 g/mol. The largest absolute Gasteiger partial charge is 0.294 e. The zero-order chi connectivity index (χ0) is 11.3. The Kier molecular flexibility index (Phi) is 4.63. The van der Waals surface area contributed by atoms with Gasteiger partial charge in [0.2, 0.25) is 0 Å². The lowest BCUT2D eigenvalue weighted by Crippen LogP contribution is -1.94. The molecule has 2 heteroatoms. The number of hydrogen-bond donors (Lipinski definition) is 0. The smallest absolute Gasteiger partial charge is 0.166 e. The summed E-state index contributed by atoms with van der Waals surface area (Å²) in [4.78, 5) is 13.3. The number of hydrogen-bond acceptors (Lipinski definition) is 2. The lowest BCUT2D eigenvalue weighted by Gasteiger charge is -2.05. The van der Waals surface area contributed by atoms with Crippen molar-refractivity contribution in [1.29, 1.82) is 0 Å². The van der Waals surface area contributed by atoms with Gasteiger partial charge < -0.3 is 0 Å². The van der Waals surface area contributed by atoms with E-state index in [-0.39, 0.29) is 5.78 Å². The second kappa shape index (κ2) is 5.76. The van der Waals surface area contributed by atoms with Crippen LogP contribution in [0.15, 0.2) is 46.2 Å². The molecule has 0 saturated heterocycles. The van der Waals surface area contributed by atoms with E-state index in [4.69, 9.17) is 0 Å². The number of Topliss-reactive ketones (excluding diaryl/α,β-unsaturated/α-hetero) is 1. The molecule has 0 aliphatic carbocycles. The average molecular weight is 220 g/mol. The normalized spacial score (nSPS) is 11.9. The maximum atomic E-state index is 11.4. The third kappa shape index (κ3) is 4.34. The Morgan fingerprint density at radius 3 is 2.33 bits per heavy atom. The van der Waals surface area contributed by atoms with Crippen molar-refractivity contribution in [2.45, 2.75) is 25.7 Å². The predicted octanol–water partition coefficient (Wildman–Crippen LogP) is 3.91. The molecule has 0 bridgehead atoms. The van der Waals surface area contributed by atoms with Crippen molar-refractivity contribution in [2.75, 3.05) is 0 Å². The standard InChI is InChI=1S/C13H16OS/c1-10(2)9-13(11(3)14)15-12-7-5-4-6-8-12/h4-10H,1-3H3/b13-9-. The number of carbonyl (C=O) groups excluding carboxylic acids is 1. The van der Waals surface area contributed by atoms with Gasteiger partial charge in [0.25, 0.3) is 0 Å². The van der Waals surface area contributed by atoms with Gasteiger partial charge in [-0.1, -0.05) is 49.9 Å². The van der Waals surface area contributed by atoms with Crippen LogP contribution in [0.3, 0.4) is 0 Å². The van der Waals surface area contributed by atoms with Gasteiger partial charge >= 0.3 is 0 Å². The number of allylic oxidation sites excluding steroid dienone is 2. The Morgan fingerprint density at radius 2 is 1.87 bits per heavy atom. The van der Waals surface area contributed by atoms with Crippen molar-refractivity contribution < 1.29 is 4.79 Å². The van der Waals surface area contributed by atoms with Gasteiger partial charge in [-0.25, -0.2) is 0 Å². The van der Waals surface area contributed by atoms with Crippen LogP contribution in [0.5, 0.6) is 0 Å². The molecular formula is C13H16OS. The highest BCUT2D eigenvalue weighted by molar-refractivity contribution is 8.04. The zero-order valence-electron chi connectivity index (χ0n) is 9.36. The quantitative estimate of drug-likeness (QED) is 0.565. The van der Waals surface area contributed by atoms with Crippen LogP contribution in [-0.2, 0) is 4.79 Å². The average Bonchev–Trinajstić information content (AvgIpc) is 2.17. The molecule has 0 aliphatic heterocycles. The minimum atomic E-state index is 0.137. The highest BCUT2D eigenvalue weighted by Crippen LogP contribution is 2.27. The Bertz CT molecular complexity index is 352. The second-order valence-corrected chi connectivity index (χ2v) is 4.86. The summed E-state index contributed by atoms with van der Waals surface area (Å²) in [6, 6.07) is 9.97.